The molecule has 8 aliphatic carbocycles. The molecule has 1 heterocycles. The van der Waals surface area contributed by atoms with Gasteiger partial charge in [-0.05, 0) is 124 Å². The van der Waals surface area contributed by atoms with Crippen LogP contribution in [0, 0.1) is 50.5 Å². The lowest BCUT2D eigenvalue weighted by Crippen LogP contribution is -2.63. The van der Waals surface area contributed by atoms with Crippen LogP contribution in [0.5, 0.6) is 0 Å². The molecule has 0 unspecified atom stereocenters. The van der Waals surface area contributed by atoms with Crippen LogP contribution in [-0.4, -0.2) is 31.6 Å². The van der Waals surface area contributed by atoms with E-state index in [0.29, 0.717) is 17.3 Å². The number of hydrogen-bond donors (Lipinski definition) is 1. The predicted octanol–water partition coefficient (Wildman–Crippen LogP) is 4.20. The Morgan fingerprint density at radius 3 is 2.15 bits per heavy atom. The van der Waals surface area contributed by atoms with Crippen molar-refractivity contribution in [1.82, 2.24) is 20.1 Å². The molecule has 0 aromatic carbocycles. The fraction of sp³-hybridized carbons (Fsp3) is 0.880. The Kier molecular flexibility index (Phi) is 4.06. The van der Waals surface area contributed by atoms with Crippen molar-refractivity contribution in [2.24, 2.45) is 40.4 Å². The Labute approximate surface area is 194 Å². The summed E-state index contributed by atoms with van der Waals surface area (Å²) in [7, 11) is 0. The molecule has 8 heteroatoms. The van der Waals surface area contributed by atoms with Crippen LogP contribution < -0.4 is 5.32 Å². The number of amides is 1. The van der Waals surface area contributed by atoms with Crippen LogP contribution in [0.3, 0.4) is 0 Å². The highest BCUT2D eigenvalue weighted by Crippen LogP contribution is 2.65. The van der Waals surface area contributed by atoms with Crippen LogP contribution in [0.15, 0.2) is 6.33 Å². The van der Waals surface area contributed by atoms with Crippen molar-refractivity contribution in [2.45, 2.75) is 95.6 Å². The molecule has 0 saturated heterocycles. The second-order valence-corrected chi connectivity index (χ2v) is 13.2. The lowest BCUT2D eigenvalue weighted by molar-refractivity contribution is -0.394. The van der Waals surface area contributed by atoms with Crippen LogP contribution >= 0.6 is 0 Å². The van der Waals surface area contributed by atoms with Gasteiger partial charge in [-0.3, -0.25) is 4.79 Å². The SMILES string of the molecule is C[C@@H](NC(=O)C12C[C@@H]3C[C@@H](C1)CC(n1cnc([N+](=O)[O-])n1)(C3)C2)C12CC3CC(CC(C3)C1)C2. The maximum absolute atomic E-state index is 14.0. The van der Waals surface area contributed by atoms with Gasteiger partial charge in [0.1, 0.15) is 0 Å². The summed E-state index contributed by atoms with van der Waals surface area (Å²) in [5.41, 5.74) is -0.356. The molecule has 0 aliphatic heterocycles. The highest BCUT2D eigenvalue weighted by atomic mass is 16.6. The maximum Gasteiger partial charge on any atom is 0.490 e. The summed E-state index contributed by atoms with van der Waals surface area (Å²) in [5.74, 6) is 3.54. The Hall–Kier alpha value is -1.99. The Morgan fingerprint density at radius 1 is 1.03 bits per heavy atom. The number of carbonyl (C=O) groups is 1. The second kappa shape index (κ2) is 6.57. The van der Waals surface area contributed by atoms with E-state index in [1.165, 1.54) is 51.3 Å². The molecular formula is C25H35N5O3. The van der Waals surface area contributed by atoms with E-state index < -0.39 is 4.92 Å². The van der Waals surface area contributed by atoms with Crippen molar-refractivity contribution >= 4 is 11.9 Å². The van der Waals surface area contributed by atoms with Crippen molar-refractivity contribution in [1.29, 1.82) is 0 Å². The quantitative estimate of drug-likeness (QED) is 0.532. The van der Waals surface area contributed by atoms with Gasteiger partial charge in [0.05, 0.1) is 11.0 Å². The molecule has 3 atom stereocenters. The van der Waals surface area contributed by atoms with E-state index in [-0.39, 0.29) is 28.9 Å². The summed E-state index contributed by atoms with van der Waals surface area (Å²) in [6, 6.07) is 0.231. The van der Waals surface area contributed by atoms with Crippen LogP contribution in [0.1, 0.15) is 84.0 Å². The lowest BCUT2D eigenvalue weighted by Gasteiger charge is -2.61. The summed E-state index contributed by atoms with van der Waals surface area (Å²) in [6.45, 7) is 2.28. The monoisotopic (exact) mass is 453 g/mol. The molecule has 0 radical (unpaired) electrons. The molecule has 178 valence electrons. The molecule has 8 fully saturated rings. The van der Waals surface area contributed by atoms with E-state index in [4.69, 9.17) is 0 Å². The number of nitro groups is 1. The standard InChI is InChI=1S/C25H35N5O3/c1-15(23-6-16-2-17(7-23)4-18(3-16)8-23)27-21(31)24-9-19-5-20(10-24)12-25(11-19,13-24)29-14-26-22(28-29)30(32)33/h14-20H,2-13H2,1H3,(H,27,31)/t15-,16?,17?,18?,19+,20+,23?,24?,25?/m1/s1. The third kappa shape index (κ3) is 2.91. The van der Waals surface area contributed by atoms with Crippen molar-refractivity contribution < 1.29 is 9.72 Å². The first kappa shape index (κ1) is 20.4. The Morgan fingerprint density at radius 2 is 1.61 bits per heavy atom. The van der Waals surface area contributed by atoms with Gasteiger partial charge in [-0.1, -0.05) is 4.98 Å². The van der Waals surface area contributed by atoms with Gasteiger partial charge in [-0.2, -0.15) is 4.68 Å². The molecule has 8 saturated carbocycles. The summed E-state index contributed by atoms with van der Waals surface area (Å²) in [6.07, 6.45) is 15.4. The van der Waals surface area contributed by atoms with Gasteiger partial charge in [0.25, 0.3) is 0 Å². The van der Waals surface area contributed by atoms with Crippen LogP contribution in [-0.2, 0) is 10.3 Å². The fourth-order valence-electron chi connectivity index (χ4n) is 10.5. The minimum absolute atomic E-state index is 0.231. The van der Waals surface area contributed by atoms with Gasteiger partial charge in [0.15, 0.2) is 0 Å². The fourth-order valence-corrected chi connectivity index (χ4v) is 10.5. The molecule has 8 nitrogen and oxygen atoms in total. The zero-order chi connectivity index (χ0) is 22.6. The van der Waals surface area contributed by atoms with Crippen LogP contribution in [0.4, 0.5) is 5.95 Å². The Balaban J connectivity index is 1.15. The van der Waals surface area contributed by atoms with Gasteiger partial charge < -0.3 is 15.4 Å². The van der Waals surface area contributed by atoms with Gasteiger partial charge in [-0.15, -0.1) is 0 Å². The minimum atomic E-state index is -0.521. The molecule has 1 N–H and O–H groups in total. The van der Waals surface area contributed by atoms with Crippen LogP contribution in [0.25, 0.3) is 0 Å². The molecular weight excluding hydrogens is 418 g/mol. The number of carbonyl (C=O) groups excluding carboxylic acids is 1. The first-order valence-corrected chi connectivity index (χ1v) is 13.1. The lowest BCUT2D eigenvalue weighted by atomic mass is 9.46. The van der Waals surface area contributed by atoms with E-state index in [1.54, 1.807) is 4.68 Å². The van der Waals surface area contributed by atoms with Gasteiger partial charge in [-0.25, -0.2) is 0 Å². The number of aromatic nitrogens is 3. The molecule has 8 bridgehead atoms. The minimum Gasteiger partial charge on any atom is -0.390 e. The largest absolute Gasteiger partial charge is 0.490 e. The summed E-state index contributed by atoms with van der Waals surface area (Å²) < 4.78 is 1.76. The van der Waals surface area contributed by atoms with E-state index in [1.807, 2.05) is 0 Å². The van der Waals surface area contributed by atoms with E-state index in [9.17, 15) is 14.9 Å². The average Bonchev–Trinajstić information content (AvgIpc) is 3.23. The van der Waals surface area contributed by atoms with Gasteiger partial charge in [0.2, 0.25) is 12.2 Å². The average molecular weight is 454 g/mol. The number of hydrogen-bond acceptors (Lipinski definition) is 5. The van der Waals surface area contributed by atoms with E-state index in [2.05, 4.69) is 22.3 Å². The number of rotatable bonds is 5. The molecule has 9 rings (SSSR count). The third-order valence-electron chi connectivity index (χ3n) is 11.0. The predicted molar refractivity (Wildman–Crippen MR) is 120 cm³/mol. The summed E-state index contributed by atoms with van der Waals surface area (Å²) in [4.78, 5) is 28.6. The highest BCUT2D eigenvalue weighted by molar-refractivity contribution is 5.83. The third-order valence-corrected chi connectivity index (χ3v) is 11.0. The molecule has 1 amide bonds. The van der Waals surface area contributed by atoms with E-state index >= 15 is 0 Å². The normalized spacial score (nSPS) is 47.6. The van der Waals surface area contributed by atoms with Gasteiger partial charge >= 0.3 is 5.95 Å². The zero-order valence-corrected chi connectivity index (χ0v) is 19.5. The van der Waals surface area contributed by atoms with Crippen molar-refractivity contribution in [2.75, 3.05) is 0 Å². The van der Waals surface area contributed by atoms with E-state index in [0.717, 1.165) is 49.9 Å². The Bertz CT molecular complexity index is 968. The summed E-state index contributed by atoms with van der Waals surface area (Å²) in [5, 5.41) is 19.0. The smallest absolute Gasteiger partial charge is 0.390 e. The number of nitrogens with one attached hydrogen (secondary N) is 1. The topological polar surface area (TPSA) is 103 Å². The van der Waals surface area contributed by atoms with Crippen molar-refractivity contribution in [3.63, 3.8) is 0 Å². The molecule has 1 aromatic rings. The molecule has 0 spiro atoms. The molecule has 1 aromatic heterocycles. The zero-order valence-electron chi connectivity index (χ0n) is 19.5. The first-order chi connectivity index (χ1) is 15.8. The second-order valence-electron chi connectivity index (χ2n) is 13.2. The highest BCUT2D eigenvalue weighted by Gasteiger charge is 2.63. The first-order valence-electron chi connectivity index (χ1n) is 13.1. The summed E-state index contributed by atoms with van der Waals surface area (Å²) >= 11 is 0. The van der Waals surface area contributed by atoms with Crippen LogP contribution in [0.2, 0.25) is 0 Å². The molecule has 33 heavy (non-hydrogen) atoms. The van der Waals surface area contributed by atoms with Crippen molar-refractivity contribution in [3.05, 3.63) is 16.4 Å². The molecule has 8 aliphatic rings. The van der Waals surface area contributed by atoms with Crippen molar-refractivity contribution in [3.8, 4) is 0 Å². The maximum atomic E-state index is 14.0. The number of nitrogens with zero attached hydrogens (tertiary/aromatic N) is 4. The van der Waals surface area contributed by atoms with Gasteiger partial charge in [0, 0.05) is 11.1 Å².